The van der Waals surface area contributed by atoms with Crippen molar-refractivity contribution in [3.05, 3.63) is 35.9 Å². The monoisotopic (exact) mass is 313 g/mol. The Morgan fingerprint density at radius 3 is 2.43 bits per heavy atom. The lowest BCUT2D eigenvalue weighted by molar-refractivity contribution is -0.0865. The molecule has 23 heavy (non-hydrogen) atoms. The maximum absolute atomic E-state index is 13.4. The second-order valence-corrected chi connectivity index (χ2v) is 8.87. The van der Waals surface area contributed by atoms with Gasteiger partial charge in [0, 0.05) is 17.5 Å². The van der Waals surface area contributed by atoms with Crippen LogP contribution in [0.1, 0.15) is 63.7 Å². The first-order chi connectivity index (χ1) is 10.8. The summed E-state index contributed by atoms with van der Waals surface area (Å²) in [4.78, 5) is 13.4. The van der Waals surface area contributed by atoms with Crippen molar-refractivity contribution in [1.29, 1.82) is 0 Å². The van der Waals surface area contributed by atoms with Gasteiger partial charge in [0.25, 0.3) is 0 Å². The van der Waals surface area contributed by atoms with Crippen LogP contribution in [0.5, 0.6) is 0 Å². The summed E-state index contributed by atoms with van der Waals surface area (Å²) in [6.45, 7) is 9.31. The minimum Gasteiger partial charge on any atom is -0.327 e. The molecule has 2 heteroatoms. The summed E-state index contributed by atoms with van der Waals surface area (Å²) >= 11 is 0. The standard InChI is InChI=1S/C21H31NO/c1-14-16(22)13-17-20(2,3)11-8-12-21(17,4)18(14)19(23)15-9-6-5-7-10-15/h5-7,9-10,14,16-18H,8,11-13,22H2,1-4H3/t14-,16-,17+,18-,21+/m1/s1. The summed E-state index contributed by atoms with van der Waals surface area (Å²) < 4.78 is 0. The minimum atomic E-state index is 0.0400. The second kappa shape index (κ2) is 5.73. The van der Waals surface area contributed by atoms with Crippen LogP contribution in [0.2, 0.25) is 0 Å². The number of Topliss-reactive ketones (excluding diaryl/α,β-unsaturated/α-hetero) is 1. The first-order valence-electron chi connectivity index (χ1n) is 9.12. The highest BCUT2D eigenvalue weighted by atomic mass is 16.1. The van der Waals surface area contributed by atoms with E-state index >= 15 is 0 Å². The summed E-state index contributed by atoms with van der Waals surface area (Å²) in [7, 11) is 0. The quantitative estimate of drug-likeness (QED) is 0.805. The molecule has 0 saturated heterocycles. The molecule has 5 atom stereocenters. The maximum atomic E-state index is 13.4. The number of carbonyl (C=O) groups is 1. The van der Waals surface area contributed by atoms with Gasteiger partial charge in [-0.3, -0.25) is 4.79 Å². The first kappa shape index (κ1) is 16.7. The summed E-state index contributed by atoms with van der Waals surface area (Å²) in [5, 5.41) is 0. The topological polar surface area (TPSA) is 43.1 Å². The zero-order chi connectivity index (χ0) is 16.8. The minimum absolute atomic E-state index is 0.0400. The zero-order valence-corrected chi connectivity index (χ0v) is 15.0. The predicted molar refractivity (Wildman–Crippen MR) is 95.2 cm³/mol. The van der Waals surface area contributed by atoms with Crippen molar-refractivity contribution in [2.24, 2.45) is 34.3 Å². The van der Waals surface area contributed by atoms with Gasteiger partial charge in [0.1, 0.15) is 0 Å². The molecular formula is C21H31NO. The van der Waals surface area contributed by atoms with E-state index in [4.69, 9.17) is 5.73 Å². The van der Waals surface area contributed by atoms with E-state index in [1.54, 1.807) is 0 Å². The molecule has 2 nitrogen and oxygen atoms in total. The second-order valence-electron chi connectivity index (χ2n) is 8.87. The smallest absolute Gasteiger partial charge is 0.166 e. The Kier molecular flexibility index (Phi) is 4.16. The number of rotatable bonds is 2. The molecule has 126 valence electrons. The molecule has 0 amide bonds. The van der Waals surface area contributed by atoms with E-state index in [2.05, 4.69) is 27.7 Å². The summed E-state index contributed by atoms with van der Waals surface area (Å²) in [5.74, 6) is 1.13. The molecule has 2 fully saturated rings. The van der Waals surface area contributed by atoms with Crippen LogP contribution in [0.4, 0.5) is 0 Å². The van der Waals surface area contributed by atoms with Gasteiger partial charge in [0.05, 0.1) is 0 Å². The Morgan fingerprint density at radius 2 is 1.78 bits per heavy atom. The molecule has 2 aliphatic carbocycles. The van der Waals surface area contributed by atoms with Gasteiger partial charge >= 0.3 is 0 Å². The van der Waals surface area contributed by atoms with E-state index in [1.807, 2.05) is 30.3 Å². The molecule has 2 saturated carbocycles. The van der Waals surface area contributed by atoms with Crippen molar-refractivity contribution in [3.63, 3.8) is 0 Å². The molecule has 0 spiro atoms. The van der Waals surface area contributed by atoms with Gasteiger partial charge in [-0.1, -0.05) is 64.4 Å². The van der Waals surface area contributed by atoms with Crippen molar-refractivity contribution in [2.75, 3.05) is 0 Å². The summed E-state index contributed by atoms with van der Waals surface area (Å²) in [6.07, 6.45) is 4.69. The molecule has 3 rings (SSSR count). The van der Waals surface area contributed by atoms with Crippen molar-refractivity contribution >= 4 is 5.78 Å². The van der Waals surface area contributed by atoms with E-state index in [-0.39, 0.29) is 28.7 Å². The number of ketones is 1. The van der Waals surface area contributed by atoms with E-state index in [9.17, 15) is 4.79 Å². The molecular weight excluding hydrogens is 282 g/mol. The molecule has 1 aromatic rings. The van der Waals surface area contributed by atoms with Crippen LogP contribution in [-0.4, -0.2) is 11.8 Å². The van der Waals surface area contributed by atoms with E-state index in [0.717, 1.165) is 18.4 Å². The van der Waals surface area contributed by atoms with Gasteiger partial charge < -0.3 is 5.73 Å². The Labute approximate surface area is 140 Å². The molecule has 0 heterocycles. The molecule has 1 aromatic carbocycles. The highest BCUT2D eigenvalue weighted by molar-refractivity contribution is 5.98. The molecule has 0 unspecified atom stereocenters. The highest BCUT2D eigenvalue weighted by Gasteiger charge is 2.57. The Hall–Kier alpha value is -1.15. The summed E-state index contributed by atoms with van der Waals surface area (Å²) in [5.41, 5.74) is 7.72. The van der Waals surface area contributed by atoms with Gasteiger partial charge in [0.2, 0.25) is 0 Å². The maximum Gasteiger partial charge on any atom is 0.166 e. The Bertz CT molecular complexity index is 579. The van der Waals surface area contributed by atoms with Crippen molar-refractivity contribution in [1.82, 2.24) is 0 Å². The van der Waals surface area contributed by atoms with Gasteiger partial charge in [-0.15, -0.1) is 0 Å². The highest BCUT2D eigenvalue weighted by Crippen LogP contribution is 2.61. The van der Waals surface area contributed by atoms with Crippen LogP contribution in [0.15, 0.2) is 30.3 Å². The van der Waals surface area contributed by atoms with Crippen LogP contribution in [0.3, 0.4) is 0 Å². The lowest BCUT2D eigenvalue weighted by Crippen LogP contribution is -2.59. The molecule has 0 radical (unpaired) electrons. The van der Waals surface area contributed by atoms with Gasteiger partial charge in [-0.05, 0) is 41.9 Å². The number of fused-ring (bicyclic) bond motifs is 1. The fourth-order valence-electron chi connectivity index (χ4n) is 5.78. The third kappa shape index (κ3) is 2.65. The third-order valence-electron chi connectivity index (χ3n) is 7.04. The Morgan fingerprint density at radius 1 is 1.13 bits per heavy atom. The normalized spacial score (nSPS) is 39.5. The van der Waals surface area contributed by atoms with Gasteiger partial charge in [0.15, 0.2) is 5.78 Å². The fraction of sp³-hybridized carbons (Fsp3) is 0.667. The SMILES string of the molecule is C[C@@H]1[C@H](N)C[C@H]2C(C)(C)CCC[C@]2(C)[C@H]1C(=O)c1ccccc1. The lowest BCUT2D eigenvalue weighted by atomic mass is 9.45. The van der Waals surface area contributed by atoms with Crippen LogP contribution in [0, 0.1) is 28.6 Å². The van der Waals surface area contributed by atoms with Crippen LogP contribution in [-0.2, 0) is 0 Å². The average molecular weight is 313 g/mol. The molecule has 0 bridgehead atoms. The van der Waals surface area contributed by atoms with E-state index < -0.39 is 0 Å². The van der Waals surface area contributed by atoms with Crippen molar-refractivity contribution in [2.45, 2.75) is 59.4 Å². The fourth-order valence-corrected chi connectivity index (χ4v) is 5.78. The number of hydrogen-bond donors (Lipinski definition) is 1. The number of benzene rings is 1. The molecule has 2 aliphatic rings. The Balaban J connectivity index is 2.03. The van der Waals surface area contributed by atoms with Gasteiger partial charge in [-0.25, -0.2) is 0 Å². The van der Waals surface area contributed by atoms with Crippen LogP contribution in [0.25, 0.3) is 0 Å². The van der Waals surface area contributed by atoms with E-state index in [1.165, 1.54) is 12.8 Å². The third-order valence-corrected chi connectivity index (χ3v) is 7.04. The molecule has 0 aromatic heterocycles. The van der Waals surface area contributed by atoms with Crippen LogP contribution >= 0.6 is 0 Å². The molecule has 2 N–H and O–H groups in total. The number of hydrogen-bond acceptors (Lipinski definition) is 2. The van der Waals surface area contributed by atoms with Crippen LogP contribution < -0.4 is 5.73 Å². The lowest BCUT2D eigenvalue weighted by Gasteiger charge is -2.60. The number of carbonyl (C=O) groups excluding carboxylic acids is 1. The number of nitrogens with two attached hydrogens (primary N) is 1. The van der Waals surface area contributed by atoms with Crippen molar-refractivity contribution in [3.8, 4) is 0 Å². The molecule has 0 aliphatic heterocycles. The predicted octanol–water partition coefficient (Wildman–Crippen LogP) is 4.69. The first-order valence-corrected chi connectivity index (χ1v) is 9.12. The summed E-state index contributed by atoms with van der Waals surface area (Å²) in [6, 6.07) is 9.95. The van der Waals surface area contributed by atoms with E-state index in [0.29, 0.717) is 11.7 Å². The van der Waals surface area contributed by atoms with Gasteiger partial charge in [-0.2, -0.15) is 0 Å². The largest absolute Gasteiger partial charge is 0.327 e. The average Bonchev–Trinajstić information content (AvgIpc) is 2.50. The van der Waals surface area contributed by atoms with Crippen molar-refractivity contribution < 1.29 is 4.79 Å². The zero-order valence-electron chi connectivity index (χ0n) is 15.0.